The molecule has 7 N–H and O–H groups in total. The van der Waals surface area contributed by atoms with Gasteiger partial charge in [0.05, 0.1) is 19.5 Å². The maximum atomic E-state index is 12.5. The first-order valence-electron chi connectivity index (χ1n) is 14.0. The molecule has 4 aromatic heterocycles. The van der Waals surface area contributed by atoms with Gasteiger partial charge in [-0.3, -0.25) is 22.6 Å². The highest BCUT2D eigenvalue weighted by Gasteiger charge is 2.51. The standard InChI is InChI=1S/C23H27N6O18P3/c30-15-12(44-21(17(15)32)27-4-1-2-11(6-27)23(33)34)7-42-49(38,39)47-50(40,41)43-8-13-16(31)18(46-48(35,36)37)22(45-13)29-10-25-14-19-24-3-5-28(19)9-26-20(14)29/h1-6,9-10,12-13,15-18,21-22,30-32H,7-8H2,(H4-,33,34,35,36,37,38,39,40,41). The number of carbonyl (C=O) groups is 1. The first kappa shape index (κ1) is 36.7. The molecule has 2 aliphatic rings. The minimum atomic E-state index is -5.79. The number of aliphatic hydroxyl groups is 3. The van der Waals surface area contributed by atoms with Crippen LogP contribution in [-0.2, 0) is 41.1 Å². The number of aliphatic hydroxyl groups excluding tert-OH is 3. The van der Waals surface area contributed by atoms with Crippen LogP contribution in [0.5, 0.6) is 0 Å². The van der Waals surface area contributed by atoms with Crippen molar-refractivity contribution in [3.05, 3.63) is 55.1 Å². The molecule has 0 amide bonds. The van der Waals surface area contributed by atoms with Gasteiger partial charge in [-0.25, -0.2) is 33.2 Å². The van der Waals surface area contributed by atoms with Crippen LogP contribution < -0.4 is 9.46 Å². The van der Waals surface area contributed by atoms with Crippen LogP contribution in [0, 0.1) is 0 Å². The Balaban J connectivity index is 1.09. The number of pyridine rings is 1. The van der Waals surface area contributed by atoms with Gasteiger partial charge in [0.15, 0.2) is 41.5 Å². The predicted molar refractivity (Wildman–Crippen MR) is 153 cm³/mol. The lowest BCUT2D eigenvalue weighted by Gasteiger charge is -2.26. The number of hydrogen-bond acceptors (Lipinski definition) is 17. The van der Waals surface area contributed by atoms with Gasteiger partial charge in [-0.1, -0.05) is 0 Å². The van der Waals surface area contributed by atoms with Crippen LogP contribution in [0.2, 0.25) is 0 Å². The lowest BCUT2D eigenvalue weighted by Crippen LogP contribution is -2.46. The van der Waals surface area contributed by atoms with Crippen molar-refractivity contribution in [1.29, 1.82) is 0 Å². The van der Waals surface area contributed by atoms with Gasteiger partial charge < -0.3 is 54.0 Å². The monoisotopic (exact) mass is 768 g/mol. The van der Waals surface area contributed by atoms with Crippen molar-refractivity contribution in [2.45, 2.75) is 49.1 Å². The molecule has 0 saturated carbocycles. The molecular weight excluding hydrogens is 741 g/mol. The average Bonchev–Trinajstić information content (AvgIpc) is 3.80. The van der Waals surface area contributed by atoms with Gasteiger partial charge in [-0.15, -0.1) is 0 Å². The number of carboxylic acid groups (broad SMARTS) is 1. The third kappa shape index (κ3) is 7.71. The fourth-order valence-corrected chi connectivity index (χ4v) is 7.88. The zero-order valence-electron chi connectivity index (χ0n) is 24.8. The molecule has 2 saturated heterocycles. The molecule has 272 valence electrons. The van der Waals surface area contributed by atoms with E-state index in [2.05, 4.69) is 28.3 Å². The average molecular weight is 768 g/mol. The molecule has 0 radical (unpaired) electrons. The maximum absolute atomic E-state index is 12.5. The van der Waals surface area contributed by atoms with Crippen LogP contribution in [-0.4, -0.2) is 115 Å². The zero-order valence-corrected chi connectivity index (χ0v) is 27.5. The summed E-state index contributed by atoms with van der Waals surface area (Å²) in [5.41, 5.74) is 0.485. The zero-order chi connectivity index (χ0) is 36.2. The summed E-state index contributed by atoms with van der Waals surface area (Å²) >= 11 is 0. The minimum Gasteiger partial charge on any atom is -0.756 e. The number of fused-ring (bicyclic) bond motifs is 3. The van der Waals surface area contributed by atoms with Crippen LogP contribution in [0.4, 0.5) is 0 Å². The summed E-state index contributed by atoms with van der Waals surface area (Å²) in [6.45, 7) is -2.14. The van der Waals surface area contributed by atoms with E-state index in [1.54, 1.807) is 6.20 Å². The van der Waals surface area contributed by atoms with Crippen LogP contribution in [0.25, 0.3) is 16.8 Å². The molecular formula is C23H27N6O18P3. The van der Waals surface area contributed by atoms with Gasteiger partial charge in [-0.05, 0) is 6.07 Å². The Hall–Kier alpha value is -3.12. The third-order valence-corrected chi connectivity index (χ3v) is 10.6. The van der Waals surface area contributed by atoms with Crippen molar-refractivity contribution < 1.29 is 90.4 Å². The Bertz CT molecular complexity index is 2040. The Kier molecular flexibility index (Phi) is 10.1. The van der Waals surface area contributed by atoms with Crippen molar-refractivity contribution >= 4 is 46.2 Å². The number of aromatic carboxylic acids is 1. The summed E-state index contributed by atoms with van der Waals surface area (Å²) in [5, 5.41) is 40.8. The van der Waals surface area contributed by atoms with E-state index in [0.29, 0.717) is 5.65 Å². The SMILES string of the molecule is O=C(O)c1ccc[n+](C2OC(COP(=O)(O)OP(=O)([O-])OCC3OC(n4cnc5c4ncn4ccnc54)C(OP(=O)(O)O)C3O)C(O)C2O)c1. The van der Waals surface area contributed by atoms with Crippen LogP contribution in [0.3, 0.4) is 0 Å². The van der Waals surface area contributed by atoms with E-state index in [-0.39, 0.29) is 16.7 Å². The van der Waals surface area contributed by atoms with Gasteiger partial charge in [0.1, 0.15) is 42.4 Å². The fourth-order valence-electron chi connectivity index (χ4n) is 5.28. The predicted octanol–water partition coefficient (Wildman–Crippen LogP) is -2.26. The highest BCUT2D eigenvalue weighted by atomic mass is 31.3. The summed E-state index contributed by atoms with van der Waals surface area (Å²) in [4.78, 5) is 65.3. The number of nitrogens with zero attached hydrogens (tertiary/aromatic N) is 6. The van der Waals surface area contributed by atoms with E-state index < -0.39 is 91.7 Å². The van der Waals surface area contributed by atoms with Gasteiger partial charge in [0, 0.05) is 18.5 Å². The van der Waals surface area contributed by atoms with Crippen molar-refractivity contribution in [3.8, 4) is 0 Å². The number of imidazole rings is 2. The minimum absolute atomic E-state index is 0.0838. The molecule has 0 bridgehead atoms. The van der Waals surface area contributed by atoms with E-state index >= 15 is 0 Å². The topological polar surface area (TPSA) is 340 Å². The molecule has 0 aliphatic carbocycles. The summed E-state index contributed by atoms with van der Waals surface area (Å²) in [6, 6.07) is 2.58. The number of phosphoric acid groups is 3. The first-order valence-corrected chi connectivity index (χ1v) is 18.5. The summed E-state index contributed by atoms with van der Waals surface area (Å²) in [6.07, 6.45) is -5.43. The van der Waals surface area contributed by atoms with Crippen molar-refractivity contribution in [2.24, 2.45) is 0 Å². The number of rotatable bonds is 13. The second-order valence-electron chi connectivity index (χ2n) is 10.8. The molecule has 2 fully saturated rings. The van der Waals surface area contributed by atoms with Crippen molar-refractivity contribution in [2.75, 3.05) is 13.2 Å². The number of hydrogen-bond donors (Lipinski definition) is 7. The number of ether oxygens (including phenoxy) is 2. The Morgan fingerprint density at radius 3 is 2.40 bits per heavy atom. The molecule has 0 aromatic carbocycles. The lowest BCUT2D eigenvalue weighted by atomic mass is 10.1. The third-order valence-electron chi connectivity index (χ3n) is 7.50. The first-order chi connectivity index (χ1) is 23.4. The van der Waals surface area contributed by atoms with E-state index in [0.717, 1.165) is 21.7 Å². The molecule has 6 rings (SSSR count). The second kappa shape index (κ2) is 13.8. The highest BCUT2D eigenvalue weighted by molar-refractivity contribution is 7.60. The summed E-state index contributed by atoms with van der Waals surface area (Å²) in [7, 11) is -16.6. The maximum Gasteiger partial charge on any atom is 0.478 e. The smallest absolute Gasteiger partial charge is 0.478 e. The van der Waals surface area contributed by atoms with Gasteiger partial charge >= 0.3 is 21.6 Å². The molecule has 4 aromatic rings. The Morgan fingerprint density at radius 1 is 0.960 bits per heavy atom. The largest absolute Gasteiger partial charge is 0.756 e. The molecule has 24 nitrogen and oxygen atoms in total. The number of carboxylic acids is 1. The number of phosphoric ester groups is 3. The normalized spacial score (nSPS) is 29.7. The van der Waals surface area contributed by atoms with Crippen molar-refractivity contribution in [1.82, 2.24) is 23.9 Å². The van der Waals surface area contributed by atoms with Crippen LogP contribution in [0.15, 0.2) is 49.6 Å². The molecule has 50 heavy (non-hydrogen) atoms. The van der Waals surface area contributed by atoms with E-state index in [9.17, 15) is 58.5 Å². The van der Waals surface area contributed by atoms with Crippen LogP contribution in [0.1, 0.15) is 22.8 Å². The van der Waals surface area contributed by atoms with Crippen molar-refractivity contribution in [3.63, 3.8) is 0 Å². The summed E-state index contributed by atoms with van der Waals surface area (Å²) < 4.78 is 69.8. The lowest BCUT2D eigenvalue weighted by molar-refractivity contribution is -0.765. The molecule has 10 unspecified atom stereocenters. The van der Waals surface area contributed by atoms with Crippen LogP contribution >= 0.6 is 23.5 Å². The fraction of sp³-hybridized carbons (Fsp3) is 0.435. The number of aromatic nitrogens is 6. The summed E-state index contributed by atoms with van der Waals surface area (Å²) in [5.74, 6) is -1.29. The highest BCUT2D eigenvalue weighted by Crippen LogP contribution is 2.58. The van der Waals surface area contributed by atoms with Gasteiger partial charge in [0.25, 0.3) is 14.1 Å². The van der Waals surface area contributed by atoms with E-state index in [1.165, 1.54) is 35.3 Å². The Morgan fingerprint density at radius 2 is 1.68 bits per heavy atom. The molecule has 6 heterocycles. The van der Waals surface area contributed by atoms with Gasteiger partial charge in [-0.2, -0.15) is 4.57 Å². The second-order valence-corrected chi connectivity index (χ2v) is 15.0. The quantitative estimate of drug-likeness (QED) is 0.0557. The Labute approximate surface area is 278 Å². The molecule has 27 heteroatoms. The van der Waals surface area contributed by atoms with E-state index in [1.807, 2.05) is 0 Å². The molecule has 2 aliphatic heterocycles. The van der Waals surface area contributed by atoms with Gasteiger partial charge in [0.2, 0.25) is 0 Å². The molecule has 10 atom stereocenters. The van der Waals surface area contributed by atoms with E-state index in [4.69, 9.17) is 14.0 Å². The molecule has 0 spiro atoms.